The molecule has 112 valence electrons. The van der Waals surface area contributed by atoms with Crippen LogP contribution < -0.4 is 5.32 Å². The van der Waals surface area contributed by atoms with Crippen LogP contribution in [0, 0.1) is 3.57 Å². The minimum absolute atomic E-state index is 0.696. The molecule has 22 heavy (non-hydrogen) atoms. The Kier molecular flexibility index (Phi) is 5.32. The molecular formula is C16H14IN3S2. The molecule has 1 N–H and O–H groups in total. The summed E-state index contributed by atoms with van der Waals surface area (Å²) < 4.78 is 1.18. The molecule has 3 nitrogen and oxygen atoms in total. The Morgan fingerprint density at radius 3 is 2.77 bits per heavy atom. The molecule has 0 spiro atoms. The Balaban J connectivity index is 1.75. The SMILES string of the molecule is S=C(Nc1cccc(I)c1)N1CCS/C1=N/c1ccccc1. The van der Waals surface area contributed by atoms with E-state index in [1.54, 1.807) is 11.8 Å². The van der Waals surface area contributed by atoms with Crippen molar-refractivity contribution in [3.63, 3.8) is 0 Å². The Morgan fingerprint density at radius 1 is 1.18 bits per heavy atom. The Labute approximate surface area is 153 Å². The van der Waals surface area contributed by atoms with Crippen molar-refractivity contribution in [2.24, 2.45) is 4.99 Å². The topological polar surface area (TPSA) is 27.6 Å². The van der Waals surface area contributed by atoms with E-state index in [0.29, 0.717) is 5.11 Å². The summed E-state index contributed by atoms with van der Waals surface area (Å²) >= 11 is 9.58. The first-order chi connectivity index (χ1) is 10.7. The molecule has 1 aliphatic heterocycles. The molecule has 0 unspecified atom stereocenters. The van der Waals surface area contributed by atoms with Crippen molar-refractivity contribution in [2.45, 2.75) is 0 Å². The largest absolute Gasteiger partial charge is 0.332 e. The molecule has 1 saturated heterocycles. The Hall–Kier alpha value is -1.12. The maximum atomic E-state index is 5.55. The number of hydrogen-bond acceptors (Lipinski definition) is 3. The summed E-state index contributed by atoms with van der Waals surface area (Å²) in [5.74, 6) is 1.000. The number of amidine groups is 1. The molecular weight excluding hydrogens is 425 g/mol. The van der Waals surface area contributed by atoms with Gasteiger partial charge in [0.05, 0.1) is 5.69 Å². The van der Waals surface area contributed by atoms with Gasteiger partial charge in [-0.25, -0.2) is 4.99 Å². The number of para-hydroxylation sites is 1. The number of thioether (sulfide) groups is 1. The van der Waals surface area contributed by atoms with Crippen molar-refractivity contribution in [2.75, 3.05) is 17.6 Å². The third-order valence-electron chi connectivity index (χ3n) is 3.08. The molecule has 0 bridgehead atoms. The molecule has 0 saturated carbocycles. The average Bonchev–Trinajstić information content (AvgIpc) is 2.96. The number of halogens is 1. The summed E-state index contributed by atoms with van der Waals surface area (Å²) in [4.78, 5) is 6.76. The molecule has 0 amide bonds. The maximum absolute atomic E-state index is 5.55. The highest BCUT2D eigenvalue weighted by atomic mass is 127. The van der Waals surface area contributed by atoms with Crippen molar-refractivity contribution in [1.29, 1.82) is 0 Å². The van der Waals surface area contributed by atoms with E-state index >= 15 is 0 Å². The smallest absolute Gasteiger partial charge is 0.179 e. The van der Waals surface area contributed by atoms with Gasteiger partial charge in [0.25, 0.3) is 0 Å². The number of thiocarbonyl (C=S) groups is 1. The number of nitrogens with one attached hydrogen (secondary N) is 1. The molecule has 2 aromatic rings. The molecule has 1 fully saturated rings. The van der Waals surface area contributed by atoms with Crippen LogP contribution in [0.3, 0.4) is 0 Å². The third kappa shape index (κ3) is 3.99. The van der Waals surface area contributed by atoms with Crippen molar-refractivity contribution in [3.8, 4) is 0 Å². The van der Waals surface area contributed by atoms with Crippen LogP contribution >= 0.6 is 46.6 Å². The van der Waals surface area contributed by atoms with E-state index in [9.17, 15) is 0 Å². The number of hydrogen-bond donors (Lipinski definition) is 1. The fourth-order valence-electron chi connectivity index (χ4n) is 2.05. The van der Waals surface area contributed by atoms with E-state index < -0.39 is 0 Å². The van der Waals surface area contributed by atoms with E-state index in [0.717, 1.165) is 28.8 Å². The highest BCUT2D eigenvalue weighted by molar-refractivity contribution is 14.1. The molecule has 0 aliphatic carbocycles. The third-order valence-corrected chi connectivity index (χ3v) is 5.03. The lowest BCUT2D eigenvalue weighted by Crippen LogP contribution is -2.35. The van der Waals surface area contributed by atoms with Crippen molar-refractivity contribution in [1.82, 2.24) is 4.90 Å². The second-order valence-corrected chi connectivity index (χ2v) is 7.36. The van der Waals surface area contributed by atoms with E-state index in [-0.39, 0.29) is 0 Å². The van der Waals surface area contributed by atoms with Crippen molar-refractivity contribution in [3.05, 3.63) is 58.2 Å². The fraction of sp³-hybridized carbons (Fsp3) is 0.125. The second-order valence-electron chi connectivity index (χ2n) is 4.67. The van der Waals surface area contributed by atoms with Gasteiger partial charge < -0.3 is 5.32 Å². The van der Waals surface area contributed by atoms with Gasteiger partial charge in [-0.05, 0) is 65.1 Å². The summed E-state index contributed by atoms with van der Waals surface area (Å²) in [6, 6.07) is 18.1. The quantitative estimate of drug-likeness (QED) is 0.541. The predicted octanol–water partition coefficient (Wildman–Crippen LogP) is 4.72. The average molecular weight is 439 g/mol. The maximum Gasteiger partial charge on any atom is 0.179 e. The van der Waals surface area contributed by atoms with Gasteiger partial charge in [-0.15, -0.1) is 0 Å². The number of rotatable bonds is 2. The van der Waals surface area contributed by atoms with Crippen LogP contribution in [-0.2, 0) is 0 Å². The zero-order valence-electron chi connectivity index (χ0n) is 11.7. The Morgan fingerprint density at radius 2 is 2.00 bits per heavy atom. The summed E-state index contributed by atoms with van der Waals surface area (Å²) in [6.45, 7) is 0.881. The summed E-state index contributed by atoms with van der Waals surface area (Å²) in [5, 5.41) is 4.95. The molecule has 2 aromatic carbocycles. The van der Waals surface area contributed by atoms with Crippen molar-refractivity contribution >= 4 is 68.2 Å². The predicted molar refractivity (Wildman–Crippen MR) is 108 cm³/mol. The minimum Gasteiger partial charge on any atom is -0.332 e. The van der Waals surface area contributed by atoms with Gasteiger partial charge in [0.2, 0.25) is 0 Å². The zero-order chi connectivity index (χ0) is 15.4. The molecule has 0 radical (unpaired) electrons. The first-order valence-electron chi connectivity index (χ1n) is 6.83. The van der Waals surface area contributed by atoms with E-state index in [2.05, 4.69) is 44.9 Å². The first-order valence-corrected chi connectivity index (χ1v) is 9.30. The standard InChI is InChI=1S/C16H14IN3S2/c17-12-5-4-8-14(11-12)18-15(21)20-9-10-22-16(20)19-13-6-2-1-3-7-13/h1-8,11H,9-10H2,(H,18,21)/b19-16+. The molecule has 6 heteroatoms. The zero-order valence-corrected chi connectivity index (χ0v) is 15.5. The van der Waals surface area contributed by atoms with Crippen LogP contribution in [0.4, 0.5) is 11.4 Å². The number of aliphatic imine (C=N–C) groups is 1. The van der Waals surface area contributed by atoms with Crippen LogP contribution in [0.5, 0.6) is 0 Å². The highest BCUT2D eigenvalue weighted by Gasteiger charge is 2.23. The van der Waals surface area contributed by atoms with Gasteiger partial charge in [-0.2, -0.15) is 0 Å². The highest BCUT2D eigenvalue weighted by Crippen LogP contribution is 2.23. The van der Waals surface area contributed by atoms with Crippen LogP contribution in [-0.4, -0.2) is 27.5 Å². The number of benzene rings is 2. The molecule has 3 rings (SSSR count). The van der Waals surface area contributed by atoms with Gasteiger partial charge in [0, 0.05) is 21.6 Å². The number of nitrogens with zero attached hydrogens (tertiary/aromatic N) is 2. The van der Waals surface area contributed by atoms with Gasteiger partial charge in [-0.1, -0.05) is 36.0 Å². The van der Waals surface area contributed by atoms with Gasteiger partial charge in [0.15, 0.2) is 10.3 Å². The van der Waals surface area contributed by atoms with Crippen LogP contribution in [0.2, 0.25) is 0 Å². The lowest BCUT2D eigenvalue weighted by Gasteiger charge is -2.20. The number of anilines is 1. The fourth-order valence-corrected chi connectivity index (χ4v) is 3.91. The van der Waals surface area contributed by atoms with E-state index in [1.807, 2.05) is 42.5 Å². The minimum atomic E-state index is 0.696. The lowest BCUT2D eigenvalue weighted by atomic mass is 10.3. The van der Waals surface area contributed by atoms with E-state index in [1.165, 1.54) is 3.57 Å². The molecule has 0 atom stereocenters. The second kappa shape index (κ2) is 7.43. The van der Waals surface area contributed by atoms with Crippen LogP contribution in [0.1, 0.15) is 0 Å². The normalized spacial score (nSPS) is 16.0. The summed E-state index contributed by atoms with van der Waals surface area (Å²) in [6.07, 6.45) is 0. The molecule has 1 heterocycles. The summed E-state index contributed by atoms with van der Waals surface area (Å²) in [5.41, 5.74) is 1.96. The first kappa shape index (κ1) is 15.8. The Bertz CT molecular complexity index is 704. The molecule has 1 aliphatic rings. The lowest BCUT2D eigenvalue weighted by molar-refractivity contribution is 0.687. The van der Waals surface area contributed by atoms with Crippen LogP contribution in [0.25, 0.3) is 0 Å². The van der Waals surface area contributed by atoms with Crippen LogP contribution in [0.15, 0.2) is 59.6 Å². The van der Waals surface area contributed by atoms with Gasteiger partial charge in [-0.3, -0.25) is 4.90 Å². The van der Waals surface area contributed by atoms with Gasteiger partial charge in [0.1, 0.15) is 0 Å². The van der Waals surface area contributed by atoms with Gasteiger partial charge >= 0.3 is 0 Å². The molecule has 0 aromatic heterocycles. The monoisotopic (exact) mass is 439 g/mol. The summed E-state index contributed by atoms with van der Waals surface area (Å²) in [7, 11) is 0. The van der Waals surface area contributed by atoms with E-state index in [4.69, 9.17) is 17.2 Å². The van der Waals surface area contributed by atoms with Crippen molar-refractivity contribution < 1.29 is 0 Å².